The van der Waals surface area contributed by atoms with Crippen LogP contribution in [-0.2, 0) is 17.8 Å². The monoisotopic (exact) mass is 212 g/mol. The first kappa shape index (κ1) is 11.3. The minimum Gasteiger partial charge on any atom is -0.504 e. The SMILES string of the molecule is COc1cc(CC(=O)O)cc(CO)c1O. The lowest BCUT2D eigenvalue weighted by molar-refractivity contribution is -0.136. The van der Waals surface area contributed by atoms with Crippen LogP contribution in [-0.4, -0.2) is 28.4 Å². The Labute approximate surface area is 86.5 Å². The summed E-state index contributed by atoms with van der Waals surface area (Å²) in [6.45, 7) is -0.365. The van der Waals surface area contributed by atoms with Crippen LogP contribution in [0, 0.1) is 0 Å². The van der Waals surface area contributed by atoms with E-state index in [4.69, 9.17) is 14.9 Å². The Morgan fingerprint density at radius 1 is 1.47 bits per heavy atom. The zero-order chi connectivity index (χ0) is 11.4. The fourth-order valence-electron chi connectivity index (χ4n) is 1.28. The summed E-state index contributed by atoms with van der Waals surface area (Å²) in [5, 5.41) is 27.0. The number of hydrogen-bond acceptors (Lipinski definition) is 4. The maximum absolute atomic E-state index is 10.5. The lowest BCUT2D eigenvalue weighted by Crippen LogP contribution is -2.02. The number of methoxy groups -OCH3 is 1. The molecule has 5 heteroatoms. The number of phenols is 1. The minimum absolute atomic E-state index is 0.158. The van der Waals surface area contributed by atoms with Crippen molar-refractivity contribution in [2.45, 2.75) is 13.0 Å². The van der Waals surface area contributed by atoms with Crippen LogP contribution in [0.25, 0.3) is 0 Å². The third kappa shape index (κ3) is 2.60. The molecule has 0 fully saturated rings. The molecule has 0 radical (unpaired) electrons. The quantitative estimate of drug-likeness (QED) is 0.677. The van der Waals surface area contributed by atoms with Crippen LogP contribution in [0.1, 0.15) is 11.1 Å². The molecular formula is C10H12O5. The van der Waals surface area contributed by atoms with Crippen molar-refractivity contribution in [2.24, 2.45) is 0 Å². The number of aliphatic hydroxyl groups excluding tert-OH is 1. The van der Waals surface area contributed by atoms with Gasteiger partial charge in [-0.3, -0.25) is 4.79 Å². The molecule has 0 amide bonds. The summed E-state index contributed by atoms with van der Waals surface area (Å²) in [4.78, 5) is 10.5. The molecule has 0 bridgehead atoms. The molecule has 1 rings (SSSR count). The van der Waals surface area contributed by atoms with E-state index in [-0.39, 0.29) is 30.1 Å². The minimum atomic E-state index is -0.980. The predicted molar refractivity (Wildman–Crippen MR) is 51.9 cm³/mol. The molecule has 1 aromatic carbocycles. The van der Waals surface area contributed by atoms with Gasteiger partial charge >= 0.3 is 5.97 Å². The predicted octanol–water partition coefficient (Wildman–Crippen LogP) is 0.520. The van der Waals surface area contributed by atoms with Crippen LogP contribution in [0.2, 0.25) is 0 Å². The summed E-state index contributed by atoms with van der Waals surface area (Å²) in [6.07, 6.45) is -0.177. The molecule has 1 aromatic rings. The largest absolute Gasteiger partial charge is 0.504 e. The Kier molecular flexibility index (Phi) is 3.51. The summed E-state index contributed by atoms with van der Waals surface area (Å²) in [5.41, 5.74) is 0.729. The van der Waals surface area contributed by atoms with Crippen molar-refractivity contribution >= 4 is 5.97 Å². The Morgan fingerprint density at radius 2 is 2.13 bits per heavy atom. The maximum Gasteiger partial charge on any atom is 0.307 e. The lowest BCUT2D eigenvalue weighted by Gasteiger charge is -2.09. The number of carboxylic acids is 1. The van der Waals surface area contributed by atoms with Crippen molar-refractivity contribution in [3.63, 3.8) is 0 Å². The molecule has 82 valence electrons. The van der Waals surface area contributed by atoms with Crippen LogP contribution < -0.4 is 4.74 Å². The van der Waals surface area contributed by atoms with Crippen molar-refractivity contribution in [3.8, 4) is 11.5 Å². The standard InChI is InChI=1S/C10H12O5/c1-15-8-3-6(4-9(12)13)2-7(5-11)10(8)14/h2-3,11,14H,4-5H2,1H3,(H,12,13). The van der Waals surface area contributed by atoms with Crippen LogP contribution in [0.5, 0.6) is 11.5 Å². The lowest BCUT2D eigenvalue weighted by atomic mass is 10.1. The molecule has 0 heterocycles. The molecule has 3 N–H and O–H groups in total. The van der Waals surface area contributed by atoms with Crippen molar-refractivity contribution in [3.05, 3.63) is 23.3 Å². The van der Waals surface area contributed by atoms with Gasteiger partial charge < -0.3 is 20.1 Å². The fourth-order valence-corrected chi connectivity index (χ4v) is 1.28. The van der Waals surface area contributed by atoms with Crippen molar-refractivity contribution in [2.75, 3.05) is 7.11 Å². The van der Waals surface area contributed by atoms with Gasteiger partial charge in [-0.2, -0.15) is 0 Å². The molecule has 0 aromatic heterocycles. The fraction of sp³-hybridized carbons (Fsp3) is 0.300. The second-order valence-corrected chi connectivity index (χ2v) is 3.03. The highest BCUT2D eigenvalue weighted by atomic mass is 16.5. The molecule has 0 atom stereocenters. The smallest absolute Gasteiger partial charge is 0.307 e. The van der Waals surface area contributed by atoms with E-state index in [1.807, 2.05) is 0 Å². The molecule has 15 heavy (non-hydrogen) atoms. The summed E-state index contributed by atoms with van der Waals surface area (Å²) in [5.74, 6) is -0.974. The van der Waals surface area contributed by atoms with Gasteiger partial charge in [0.15, 0.2) is 11.5 Å². The highest BCUT2D eigenvalue weighted by molar-refractivity contribution is 5.71. The molecule has 0 aliphatic heterocycles. The van der Waals surface area contributed by atoms with E-state index in [0.29, 0.717) is 5.56 Å². The topological polar surface area (TPSA) is 87.0 Å². The number of hydrogen-bond donors (Lipinski definition) is 3. The Hall–Kier alpha value is -1.75. The number of ether oxygens (including phenoxy) is 1. The molecule has 0 saturated heterocycles. The first-order valence-electron chi connectivity index (χ1n) is 4.30. The number of rotatable bonds is 4. The zero-order valence-electron chi connectivity index (χ0n) is 8.23. The third-order valence-electron chi connectivity index (χ3n) is 1.96. The Morgan fingerprint density at radius 3 is 2.60 bits per heavy atom. The van der Waals surface area contributed by atoms with E-state index in [9.17, 15) is 9.90 Å². The van der Waals surface area contributed by atoms with E-state index in [0.717, 1.165) is 0 Å². The number of carbonyl (C=O) groups is 1. The molecule has 5 nitrogen and oxygen atoms in total. The van der Waals surface area contributed by atoms with Crippen LogP contribution >= 0.6 is 0 Å². The number of aliphatic carboxylic acids is 1. The summed E-state index contributed by atoms with van der Waals surface area (Å²) < 4.78 is 4.86. The van der Waals surface area contributed by atoms with Gasteiger partial charge in [0.25, 0.3) is 0 Å². The van der Waals surface area contributed by atoms with Crippen LogP contribution in [0.15, 0.2) is 12.1 Å². The number of carboxylic acid groups (broad SMARTS) is 1. The van der Waals surface area contributed by atoms with Gasteiger partial charge in [-0.15, -0.1) is 0 Å². The summed E-state index contributed by atoms with van der Waals surface area (Å²) in [7, 11) is 1.36. The van der Waals surface area contributed by atoms with Gasteiger partial charge in [0.1, 0.15) is 0 Å². The zero-order valence-corrected chi connectivity index (χ0v) is 8.23. The molecule has 0 aliphatic rings. The first-order valence-corrected chi connectivity index (χ1v) is 4.30. The van der Waals surface area contributed by atoms with Gasteiger partial charge in [0.2, 0.25) is 0 Å². The number of aliphatic hydroxyl groups is 1. The average Bonchev–Trinajstić information content (AvgIpc) is 2.19. The van der Waals surface area contributed by atoms with E-state index in [2.05, 4.69) is 0 Å². The van der Waals surface area contributed by atoms with Gasteiger partial charge in [-0.05, 0) is 17.7 Å². The normalized spacial score (nSPS) is 10.0. The van der Waals surface area contributed by atoms with Crippen molar-refractivity contribution < 1.29 is 24.9 Å². The molecule has 0 aliphatic carbocycles. The van der Waals surface area contributed by atoms with E-state index < -0.39 is 5.97 Å². The van der Waals surface area contributed by atoms with Crippen LogP contribution in [0.3, 0.4) is 0 Å². The number of aromatic hydroxyl groups is 1. The van der Waals surface area contributed by atoms with E-state index in [1.165, 1.54) is 19.2 Å². The molecule has 0 saturated carbocycles. The number of benzene rings is 1. The Balaban J connectivity index is 3.14. The summed E-state index contributed by atoms with van der Waals surface area (Å²) in [6, 6.07) is 2.87. The highest BCUT2D eigenvalue weighted by Gasteiger charge is 2.11. The molecular weight excluding hydrogens is 200 g/mol. The van der Waals surface area contributed by atoms with Gasteiger partial charge in [-0.1, -0.05) is 0 Å². The van der Waals surface area contributed by atoms with E-state index >= 15 is 0 Å². The van der Waals surface area contributed by atoms with Gasteiger partial charge in [0, 0.05) is 5.56 Å². The maximum atomic E-state index is 10.5. The molecule has 0 spiro atoms. The third-order valence-corrected chi connectivity index (χ3v) is 1.96. The highest BCUT2D eigenvalue weighted by Crippen LogP contribution is 2.31. The second kappa shape index (κ2) is 4.65. The van der Waals surface area contributed by atoms with Crippen LogP contribution in [0.4, 0.5) is 0 Å². The average molecular weight is 212 g/mol. The van der Waals surface area contributed by atoms with Crippen molar-refractivity contribution in [1.29, 1.82) is 0 Å². The first-order chi connectivity index (χ1) is 7.08. The Bertz CT molecular complexity index is 347. The molecule has 0 unspecified atom stereocenters. The second-order valence-electron chi connectivity index (χ2n) is 3.03. The van der Waals surface area contributed by atoms with Crippen molar-refractivity contribution in [1.82, 2.24) is 0 Å². The summed E-state index contributed by atoms with van der Waals surface area (Å²) >= 11 is 0. The van der Waals surface area contributed by atoms with Gasteiger partial charge in [-0.25, -0.2) is 0 Å². The van der Waals surface area contributed by atoms with Gasteiger partial charge in [0.05, 0.1) is 20.1 Å². The van der Waals surface area contributed by atoms with E-state index in [1.54, 1.807) is 0 Å².